The van der Waals surface area contributed by atoms with Crippen molar-refractivity contribution in [1.82, 2.24) is 29.1 Å². The third kappa shape index (κ3) is 3.42. The van der Waals surface area contributed by atoms with Gasteiger partial charge in [-0.3, -0.25) is 9.48 Å². The number of nitrogens with two attached hydrogens (primary N) is 2. The molecule has 6 rings (SSSR count). The summed E-state index contributed by atoms with van der Waals surface area (Å²) >= 11 is 7.92. The molecule has 10 nitrogen and oxygen atoms in total. The molecule has 0 aromatic carbocycles. The number of nitrogens with zero attached hydrogens (tertiary/aromatic N) is 7. The minimum Gasteiger partial charge on any atom is -0.364 e. The number of pyridine rings is 1. The van der Waals surface area contributed by atoms with E-state index in [1.165, 1.54) is 11.8 Å². The molecule has 2 aliphatic rings. The van der Waals surface area contributed by atoms with Crippen molar-refractivity contribution in [3.05, 3.63) is 59.5 Å². The molecule has 6 heterocycles. The van der Waals surface area contributed by atoms with E-state index in [9.17, 15) is 4.79 Å². The minimum absolute atomic E-state index is 0.0261. The molecule has 0 bridgehead atoms. The second-order valence-corrected chi connectivity index (χ2v) is 10.2. The summed E-state index contributed by atoms with van der Waals surface area (Å²) in [5.41, 5.74) is 13.8. The molecule has 1 saturated heterocycles. The van der Waals surface area contributed by atoms with Crippen LogP contribution in [0.3, 0.4) is 0 Å². The Balaban J connectivity index is 1.14. The largest absolute Gasteiger partial charge is 0.364 e. The van der Waals surface area contributed by atoms with Crippen LogP contribution in [0.4, 0.5) is 5.82 Å². The highest BCUT2D eigenvalue weighted by atomic mass is 35.5. The molecule has 1 amide bonds. The number of carbonyl (C=O) groups excluding carboxylic acids is 1. The van der Waals surface area contributed by atoms with E-state index in [1.807, 2.05) is 23.0 Å². The van der Waals surface area contributed by atoms with E-state index < -0.39 is 5.91 Å². The maximum atomic E-state index is 11.4. The quantitative estimate of drug-likeness (QED) is 0.441. The normalized spacial score (nSPS) is 19.1. The lowest BCUT2D eigenvalue weighted by atomic mass is 9.73. The summed E-state index contributed by atoms with van der Waals surface area (Å²) in [6.45, 7) is 2.64. The average molecular weight is 496 g/mol. The van der Waals surface area contributed by atoms with Crippen molar-refractivity contribution in [2.45, 2.75) is 35.3 Å². The van der Waals surface area contributed by atoms with E-state index in [-0.39, 0.29) is 17.2 Å². The van der Waals surface area contributed by atoms with Crippen LogP contribution in [0, 0.1) is 5.41 Å². The van der Waals surface area contributed by atoms with Crippen molar-refractivity contribution < 1.29 is 4.79 Å². The van der Waals surface area contributed by atoms with E-state index in [1.54, 1.807) is 29.2 Å². The van der Waals surface area contributed by atoms with Gasteiger partial charge in [0.25, 0.3) is 5.91 Å². The Kier molecular flexibility index (Phi) is 5.01. The molecule has 4 aromatic heterocycles. The first-order valence-corrected chi connectivity index (χ1v) is 12.1. The first kappa shape index (κ1) is 21.4. The molecule has 12 heteroatoms. The summed E-state index contributed by atoms with van der Waals surface area (Å²) < 4.78 is 3.72. The molecule has 1 spiro atoms. The first-order chi connectivity index (χ1) is 16.4. The Bertz CT molecular complexity index is 1390. The number of amides is 1. The van der Waals surface area contributed by atoms with Crippen LogP contribution in [-0.2, 0) is 6.54 Å². The van der Waals surface area contributed by atoms with Gasteiger partial charge in [0.05, 0.1) is 29.2 Å². The van der Waals surface area contributed by atoms with E-state index >= 15 is 0 Å². The standard InChI is InChI=1S/C22H22ClN9OS/c23-18-15(2-6-31-11-13(20(25)33)29-21(18)31)34-17-10-26-16(9-27-17)30-7-3-22(4-8-30)12-32-14(19(22)24)1-5-28-32/h1-2,5-6,9-11,19H,3-4,7-8,12,24H2,(H2,25,33)/t19-/m1/s1. The molecule has 0 radical (unpaired) electrons. The summed E-state index contributed by atoms with van der Waals surface area (Å²) in [7, 11) is 0. The molecule has 0 saturated carbocycles. The Morgan fingerprint density at radius 2 is 2.03 bits per heavy atom. The summed E-state index contributed by atoms with van der Waals surface area (Å²) in [4.78, 5) is 27.9. The third-order valence-corrected chi connectivity index (χ3v) is 8.35. The molecular weight excluding hydrogens is 474 g/mol. The van der Waals surface area contributed by atoms with Crippen LogP contribution in [0.25, 0.3) is 5.65 Å². The van der Waals surface area contributed by atoms with E-state index in [4.69, 9.17) is 23.1 Å². The number of hydrogen-bond donors (Lipinski definition) is 2. The van der Waals surface area contributed by atoms with Gasteiger partial charge in [0.15, 0.2) is 5.65 Å². The number of rotatable bonds is 4. The van der Waals surface area contributed by atoms with E-state index in [0.29, 0.717) is 15.7 Å². The molecule has 0 unspecified atom stereocenters. The van der Waals surface area contributed by atoms with Gasteiger partial charge < -0.3 is 20.8 Å². The molecule has 174 valence electrons. The van der Waals surface area contributed by atoms with Gasteiger partial charge in [-0.25, -0.2) is 15.0 Å². The predicted molar refractivity (Wildman–Crippen MR) is 128 cm³/mol. The topological polar surface area (TPSA) is 133 Å². The molecule has 1 atom stereocenters. The summed E-state index contributed by atoms with van der Waals surface area (Å²) in [5, 5.41) is 5.56. The zero-order valence-electron chi connectivity index (χ0n) is 18.1. The van der Waals surface area contributed by atoms with Gasteiger partial charge in [0.1, 0.15) is 16.5 Å². The number of imidazole rings is 1. The Morgan fingerprint density at radius 3 is 2.74 bits per heavy atom. The lowest BCUT2D eigenvalue weighted by molar-refractivity contribution is 0.0996. The Labute approximate surface area is 204 Å². The molecular formula is C22H22ClN9OS. The smallest absolute Gasteiger partial charge is 0.268 e. The summed E-state index contributed by atoms with van der Waals surface area (Å²) in [6.07, 6.45) is 10.7. The van der Waals surface area contributed by atoms with Crippen LogP contribution in [0.5, 0.6) is 0 Å². The first-order valence-electron chi connectivity index (χ1n) is 10.9. The molecule has 1 fully saturated rings. The lowest BCUT2D eigenvalue weighted by Gasteiger charge is -2.41. The zero-order valence-corrected chi connectivity index (χ0v) is 19.7. The fourth-order valence-electron chi connectivity index (χ4n) is 4.94. The average Bonchev–Trinajstić information content (AvgIpc) is 3.54. The molecule has 2 aliphatic heterocycles. The summed E-state index contributed by atoms with van der Waals surface area (Å²) in [5.74, 6) is 0.254. The molecule has 4 aromatic rings. The number of carbonyl (C=O) groups is 1. The van der Waals surface area contributed by atoms with Gasteiger partial charge in [-0.05, 0) is 25.0 Å². The van der Waals surface area contributed by atoms with Crippen LogP contribution >= 0.6 is 23.4 Å². The number of piperidine rings is 1. The second kappa shape index (κ2) is 7.97. The van der Waals surface area contributed by atoms with Crippen molar-refractivity contribution in [3.63, 3.8) is 0 Å². The number of anilines is 1. The van der Waals surface area contributed by atoms with Crippen LogP contribution in [0.1, 0.15) is 35.1 Å². The summed E-state index contributed by atoms with van der Waals surface area (Å²) in [6, 6.07) is 3.90. The van der Waals surface area contributed by atoms with Gasteiger partial charge >= 0.3 is 0 Å². The second-order valence-electron chi connectivity index (χ2n) is 8.77. The lowest BCUT2D eigenvalue weighted by Crippen LogP contribution is -2.45. The van der Waals surface area contributed by atoms with Crippen molar-refractivity contribution >= 4 is 40.7 Å². The van der Waals surface area contributed by atoms with E-state index in [0.717, 1.165) is 48.9 Å². The Morgan fingerprint density at radius 1 is 1.21 bits per heavy atom. The maximum Gasteiger partial charge on any atom is 0.268 e. The minimum atomic E-state index is -0.597. The van der Waals surface area contributed by atoms with Crippen molar-refractivity contribution in [2.75, 3.05) is 18.0 Å². The monoisotopic (exact) mass is 495 g/mol. The Hall–Kier alpha value is -3.15. The fraction of sp³-hybridized carbons (Fsp3) is 0.318. The number of halogens is 1. The van der Waals surface area contributed by atoms with Crippen LogP contribution in [-0.4, -0.2) is 48.1 Å². The maximum absolute atomic E-state index is 11.4. The SMILES string of the molecule is NC(=O)c1cn2ccc(Sc3cnc(N4CCC5(CC4)Cn4nccc4[C@H]5N)cn3)c(Cl)c2n1. The van der Waals surface area contributed by atoms with Crippen LogP contribution in [0.15, 0.2) is 53.0 Å². The molecule has 34 heavy (non-hydrogen) atoms. The number of fused-ring (bicyclic) bond motifs is 2. The van der Waals surface area contributed by atoms with Crippen LogP contribution in [0.2, 0.25) is 5.02 Å². The van der Waals surface area contributed by atoms with Crippen molar-refractivity contribution in [1.29, 1.82) is 0 Å². The van der Waals surface area contributed by atoms with Gasteiger partial charge in [-0.1, -0.05) is 23.4 Å². The van der Waals surface area contributed by atoms with Gasteiger partial charge in [-0.2, -0.15) is 5.10 Å². The number of aromatic nitrogens is 6. The highest BCUT2D eigenvalue weighted by molar-refractivity contribution is 7.99. The highest BCUT2D eigenvalue weighted by Crippen LogP contribution is 2.47. The van der Waals surface area contributed by atoms with Gasteiger partial charge in [-0.15, -0.1) is 0 Å². The zero-order chi connectivity index (χ0) is 23.4. The van der Waals surface area contributed by atoms with Crippen molar-refractivity contribution in [2.24, 2.45) is 16.9 Å². The highest BCUT2D eigenvalue weighted by Gasteiger charge is 2.46. The predicted octanol–water partition coefficient (Wildman–Crippen LogP) is 2.52. The fourth-order valence-corrected chi connectivity index (χ4v) is 6.00. The third-order valence-electron chi connectivity index (χ3n) is 6.89. The van der Waals surface area contributed by atoms with Gasteiger partial charge in [0, 0.05) is 48.5 Å². The molecule has 0 aliphatic carbocycles. The van der Waals surface area contributed by atoms with Crippen LogP contribution < -0.4 is 16.4 Å². The van der Waals surface area contributed by atoms with E-state index in [2.05, 4.69) is 25.0 Å². The van der Waals surface area contributed by atoms with Crippen molar-refractivity contribution in [3.8, 4) is 0 Å². The number of primary amides is 1. The van der Waals surface area contributed by atoms with Gasteiger partial charge in [0.2, 0.25) is 0 Å². The molecule has 4 N–H and O–H groups in total. The number of hydrogen-bond acceptors (Lipinski definition) is 8.